The van der Waals surface area contributed by atoms with Gasteiger partial charge in [0.2, 0.25) is 0 Å². The number of rotatable bonds is 5. The first-order chi connectivity index (χ1) is 8.78. The van der Waals surface area contributed by atoms with Crippen LogP contribution in [0, 0.1) is 0 Å². The summed E-state index contributed by atoms with van der Waals surface area (Å²) in [4.78, 5) is 15.6. The Morgan fingerprint density at radius 2 is 2.33 bits per heavy atom. The normalized spacial score (nSPS) is 10.1. The number of amides is 1. The van der Waals surface area contributed by atoms with Crippen LogP contribution in [0.1, 0.15) is 5.69 Å². The molecule has 2 aromatic rings. The molecule has 2 rings (SSSR count). The van der Waals surface area contributed by atoms with Gasteiger partial charge < -0.3 is 5.73 Å². The Morgan fingerprint density at radius 3 is 3.00 bits per heavy atom. The van der Waals surface area contributed by atoms with Gasteiger partial charge in [-0.3, -0.25) is 15.6 Å². The molecule has 0 radical (unpaired) electrons. The van der Waals surface area contributed by atoms with E-state index in [-0.39, 0.29) is 12.5 Å². The summed E-state index contributed by atoms with van der Waals surface area (Å²) < 4.78 is 1.41. The lowest BCUT2D eigenvalue weighted by Crippen LogP contribution is -2.33. The molecule has 8 heteroatoms. The standard InChI is InChI=1S/C10H13N7O/c11-5-8-6-17(16-13-8)7-10(18)15-14-9-3-1-2-4-12-9/h1-4,6H,5,7,11H2,(H,12,14)(H,15,18). The molecule has 0 atom stereocenters. The lowest BCUT2D eigenvalue weighted by Gasteiger charge is -2.06. The van der Waals surface area contributed by atoms with E-state index in [1.54, 1.807) is 24.5 Å². The van der Waals surface area contributed by atoms with Crippen LogP contribution in [0.5, 0.6) is 0 Å². The van der Waals surface area contributed by atoms with Crippen LogP contribution in [-0.4, -0.2) is 25.9 Å². The minimum atomic E-state index is -0.255. The fraction of sp³-hybridized carbons (Fsp3) is 0.200. The van der Waals surface area contributed by atoms with Crippen molar-refractivity contribution in [2.75, 3.05) is 5.43 Å². The number of anilines is 1. The monoisotopic (exact) mass is 247 g/mol. The smallest absolute Gasteiger partial charge is 0.260 e. The van der Waals surface area contributed by atoms with E-state index in [2.05, 4.69) is 26.1 Å². The highest BCUT2D eigenvalue weighted by atomic mass is 16.2. The van der Waals surface area contributed by atoms with Crippen molar-refractivity contribution in [3.05, 3.63) is 36.3 Å². The van der Waals surface area contributed by atoms with Gasteiger partial charge in [0, 0.05) is 12.7 Å². The zero-order chi connectivity index (χ0) is 12.8. The van der Waals surface area contributed by atoms with Crippen LogP contribution in [0.4, 0.5) is 5.82 Å². The summed E-state index contributed by atoms with van der Waals surface area (Å²) in [5.74, 6) is 0.307. The van der Waals surface area contributed by atoms with Crippen LogP contribution in [0.3, 0.4) is 0 Å². The van der Waals surface area contributed by atoms with Crippen molar-refractivity contribution in [3.8, 4) is 0 Å². The van der Waals surface area contributed by atoms with E-state index in [1.165, 1.54) is 4.68 Å². The maximum absolute atomic E-state index is 11.6. The van der Waals surface area contributed by atoms with Crippen molar-refractivity contribution in [1.82, 2.24) is 25.4 Å². The zero-order valence-electron chi connectivity index (χ0n) is 9.58. The molecule has 0 fully saturated rings. The van der Waals surface area contributed by atoms with E-state index in [0.29, 0.717) is 18.1 Å². The van der Waals surface area contributed by atoms with Crippen LogP contribution in [0.2, 0.25) is 0 Å². The van der Waals surface area contributed by atoms with E-state index in [1.807, 2.05) is 6.07 Å². The summed E-state index contributed by atoms with van der Waals surface area (Å²) in [5, 5.41) is 7.55. The van der Waals surface area contributed by atoms with E-state index in [9.17, 15) is 4.79 Å². The number of nitrogens with one attached hydrogen (secondary N) is 2. The van der Waals surface area contributed by atoms with E-state index < -0.39 is 0 Å². The van der Waals surface area contributed by atoms with Gasteiger partial charge >= 0.3 is 0 Å². The fourth-order valence-electron chi connectivity index (χ4n) is 1.27. The molecule has 0 bridgehead atoms. The fourth-order valence-corrected chi connectivity index (χ4v) is 1.27. The maximum atomic E-state index is 11.6. The molecule has 0 aliphatic rings. The highest BCUT2D eigenvalue weighted by molar-refractivity contribution is 5.76. The summed E-state index contributed by atoms with van der Waals surface area (Å²) in [5.41, 5.74) is 11.2. The van der Waals surface area contributed by atoms with E-state index >= 15 is 0 Å². The molecule has 0 saturated heterocycles. The van der Waals surface area contributed by atoms with Gasteiger partial charge in [-0.2, -0.15) is 0 Å². The summed E-state index contributed by atoms with van der Waals surface area (Å²) >= 11 is 0. The molecular weight excluding hydrogens is 234 g/mol. The van der Waals surface area contributed by atoms with Crippen LogP contribution in [0.25, 0.3) is 0 Å². The van der Waals surface area contributed by atoms with Crippen molar-refractivity contribution in [1.29, 1.82) is 0 Å². The molecule has 4 N–H and O–H groups in total. The average Bonchev–Trinajstić information content (AvgIpc) is 2.85. The minimum absolute atomic E-state index is 0.0623. The summed E-state index contributed by atoms with van der Waals surface area (Å²) in [7, 11) is 0. The number of nitrogens with zero attached hydrogens (tertiary/aromatic N) is 4. The number of aromatic nitrogens is 4. The number of hydrogen-bond acceptors (Lipinski definition) is 6. The summed E-state index contributed by atoms with van der Waals surface area (Å²) in [6.07, 6.45) is 3.25. The van der Waals surface area contributed by atoms with Gasteiger partial charge in [-0.1, -0.05) is 11.3 Å². The molecule has 0 aromatic carbocycles. The van der Waals surface area contributed by atoms with Crippen molar-refractivity contribution < 1.29 is 4.79 Å². The SMILES string of the molecule is NCc1cn(CC(=O)NNc2ccccn2)nn1. The van der Waals surface area contributed by atoms with Gasteiger partial charge in [0.1, 0.15) is 12.4 Å². The molecule has 18 heavy (non-hydrogen) atoms. The van der Waals surface area contributed by atoms with Crippen molar-refractivity contribution in [3.63, 3.8) is 0 Å². The Bertz CT molecular complexity index is 510. The molecule has 94 valence electrons. The molecule has 0 saturated carbocycles. The second kappa shape index (κ2) is 5.73. The quantitative estimate of drug-likeness (QED) is 0.601. The molecule has 0 aliphatic carbocycles. The second-order valence-electron chi connectivity index (χ2n) is 3.50. The molecule has 2 aromatic heterocycles. The highest BCUT2D eigenvalue weighted by Crippen LogP contribution is 1.97. The third-order valence-electron chi connectivity index (χ3n) is 2.10. The third kappa shape index (κ3) is 3.25. The Balaban J connectivity index is 1.82. The van der Waals surface area contributed by atoms with Crippen LogP contribution >= 0.6 is 0 Å². The molecule has 0 spiro atoms. The largest absolute Gasteiger partial charge is 0.325 e. The average molecular weight is 247 g/mol. The number of hydrogen-bond donors (Lipinski definition) is 3. The Morgan fingerprint density at radius 1 is 1.44 bits per heavy atom. The first-order valence-corrected chi connectivity index (χ1v) is 5.33. The lowest BCUT2D eigenvalue weighted by atomic mass is 10.5. The number of carbonyl (C=O) groups is 1. The summed E-state index contributed by atoms with van der Waals surface area (Å²) in [6, 6.07) is 5.34. The van der Waals surface area contributed by atoms with Gasteiger partial charge in [-0.05, 0) is 12.1 Å². The second-order valence-corrected chi connectivity index (χ2v) is 3.50. The Hall–Kier alpha value is -2.48. The number of hydrazine groups is 1. The lowest BCUT2D eigenvalue weighted by molar-refractivity contribution is -0.121. The van der Waals surface area contributed by atoms with Crippen molar-refractivity contribution in [2.24, 2.45) is 5.73 Å². The first kappa shape index (κ1) is 12.0. The Labute approximate surface area is 103 Å². The molecular formula is C10H13N7O. The van der Waals surface area contributed by atoms with Crippen LogP contribution < -0.4 is 16.6 Å². The van der Waals surface area contributed by atoms with Gasteiger partial charge in [-0.25, -0.2) is 9.67 Å². The third-order valence-corrected chi connectivity index (χ3v) is 2.10. The number of nitrogens with two attached hydrogens (primary N) is 1. The summed E-state index contributed by atoms with van der Waals surface area (Å²) in [6.45, 7) is 0.362. The molecule has 8 nitrogen and oxygen atoms in total. The van der Waals surface area contributed by atoms with E-state index in [0.717, 1.165) is 0 Å². The molecule has 0 unspecified atom stereocenters. The number of carbonyl (C=O) groups excluding carboxylic acids is 1. The molecule has 2 heterocycles. The zero-order valence-corrected chi connectivity index (χ0v) is 9.58. The maximum Gasteiger partial charge on any atom is 0.260 e. The van der Waals surface area contributed by atoms with Crippen LogP contribution in [0.15, 0.2) is 30.6 Å². The predicted octanol–water partition coefficient (Wildman–Crippen LogP) is -0.725. The van der Waals surface area contributed by atoms with Crippen LogP contribution in [-0.2, 0) is 17.9 Å². The van der Waals surface area contributed by atoms with Gasteiger partial charge in [0.15, 0.2) is 0 Å². The predicted molar refractivity (Wildman–Crippen MR) is 63.9 cm³/mol. The minimum Gasteiger partial charge on any atom is -0.325 e. The van der Waals surface area contributed by atoms with E-state index in [4.69, 9.17) is 5.73 Å². The topological polar surface area (TPSA) is 111 Å². The van der Waals surface area contributed by atoms with Gasteiger partial charge in [0.25, 0.3) is 5.91 Å². The van der Waals surface area contributed by atoms with Crippen molar-refractivity contribution in [2.45, 2.75) is 13.1 Å². The number of pyridine rings is 1. The molecule has 1 amide bonds. The van der Waals surface area contributed by atoms with Gasteiger partial charge in [0.05, 0.1) is 11.9 Å². The van der Waals surface area contributed by atoms with Crippen molar-refractivity contribution >= 4 is 11.7 Å². The Kier molecular flexibility index (Phi) is 3.82. The highest BCUT2D eigenvalue weighted by Gasteiger charge is 2.04. The molecule has 0 aliphatic heterocycles. The van der Waals surface area contributed by atoms with Gasteiger partial charge in [-0.15, -0.1) is 5.10 Å². The first-order valence-electron chi connectivity index (χ1n) is 5.33.